The Balaban J connectivity index is 3.25. The third-order valence-corrected chi connectivity index (χ3v) is 2.12. The Bertz CT molecular complexity index is 432. The lowest BCUT2D eigenvalue weighted by molar-refractivity contribution is -0.136. The smallest absolute Gasteiger partial charge is 0.307 e. The molecule has 0 saturated carbocycles. The van der Waals surface area contributed by atoms with E-state index in [9.17, 15) is 9.90 Å². The first-order valence-corrected chi connectivity index (χ1v) is 4.55. The van der Waals surface area contributed by atoms with Gasteiger partial charge in [0.15, 0.2) is 0 Å². The highest BCUT2D eigenvalue weighted by Crippen LogP contribution is 2.24. The molecule has 1 rings (SSSR count). The van der Waals surface area contributed by atoms with Crippen molar-refractivity contribution < 1.29 is 15.0 Å². The summed E-state index contributed by atoms with van der Waals surface area (Å²) in [5.74, 6) is -1.25. The number of nitrogens with zero attached hydrogens (tertiary/aromatic N) is 1. The van der Waals surface area contributed by atoms with Crippen molar-refractivity contribution in [1.82, 2.24) is 0 Å². The van der Waals surface area contributed by atoms with Gasteiger partial charge in [0.1, 0.15) is 11.8 Å². The molecule has 0 aliphatic heterocycles. The second-order valence-corrected chi connectivity index (χ2v) is 3.19. The SMILES string of the molecule is CCc1cc(C#N)c(O)c(CC(=O)O)c1. The number of carboxylic acids is 1. The van der Waals surface area contributed by atoms with Crippen LogP contribution in [0, 0.1) is 11.3 Å². The topological polar surface area (TPSA) is 81.3 Å². The first-order chi connectivity index (χ1) is 7.08. The number of nitriles is 1. The van der Waals surface area contributed by atoms with E-state index in [2.05, 4.69) is 0 Å². The van der Waals surface area contributed by atoms with Crippen LogP contribution in [-0.4, -0.2) is 16.2 Å². The van der Waals surface area contributed by atoms with E-state index in [1.807, 2.05) is 13.0 Å². The maximum atomic E-state index is 10.5. The summed E-state index contributed by atoms with van der Waals surface area (Å²) in [5.41, 5.74) is 1.27. The molecular formula is C11H11NO3. The molecule has 1 aromatic rings. The molecule has 2 N–H and O–H groups in total. The van der Waals surface area contributed by atoms with Crippen molar-refractivity contribution >= 4 is 5.97 Å². The van der Waals surface area contributed by atoms with Gasteiger partial charge in [-0.2, -0.15) is 5.26 Å². The largest absolute Gasteiger partial charge is 0.506 e. The summed E-state index contributed by atoms with van der Waals surface area (Å²) in [5, 5.41) is 26.9. The Morgan fingerprint density at radius 3 is 2.67 bits per heavy atom. The van der Waals surface area contributed by atoms with Gasteiger partial charge >= 0.3 is 5.97 Å². The summed E-state index contributed by atoms with van der Waals surface area (Å²) in [6.45, 7) is 1.90. The summed E-state index contributed by atoms with van der Waals surface area (Å²) in [4.78, 5) is 10.5. The predicted molar refractivity (Wildman–Crippen MR) is 53.5 cm³/mol. The van der Waals surface area contributed by atoms with E-state index in [-0.39, 0.29) is 17.7 Å². The number of carbonyl (C=O) groups is 1. The fourth-order valence-corrected chi connectivity index (χ4v) is 1.35. The minimum atomic E-state index is -1.03. The summed E-state index contributed by atoms with van der Waals surface area (Å²) in [6.07, 6.45) is 0.427. The highest BCUT2D eigenvalue weighted by Gasteiger charge is 2.11. The Morgan fingerprint density at radius 2 is 2.20 bits per heavy atom. The molecule has 0 aromatic heterocycles. The van der Waals surface area contributed by atoms with Gasteiger partial charge in [0.2, 0.25) is 0 Å². The predicted octanol–water partition coefficient (Wildman–Crippen LogP) is 1.45. The number of phenolic OH excluding ortho intramolecular Hbond substituents is 1. The van der Waals surface area contributed by atoms with Gasteiger partial charge in [-0.3, -0.25) is 4.79 Å². The monoisotopic (exact) mass is 205 g/mol. The van der Waals surface area contributed by atoms with Crippen LogP contribution in [0.1, 0.15) is 23.6 Å². The maximum absolute atomic E-state index is 10.5. The van der Waals surface area contributed by atoms with Crippen LogP contribution >= 0.6 is 0 Å². The molecular weight excluding hydrogens is 194 g/mol. The van der Waals surface area contributed by atoms with Gasteiger partial charge in [-0.1, -0.05) is 13.0 Å². The highest BCUT2D eigenvalue weighted by molar-refractivity contribution is 5.72. The average molecular weight is 205 g/mol. The van der Waals surface area contributed by atoms with Crippen LogP contribution in [0.5, 0.6) is 5.75 Å². The molecule has 4 nitrogen and oxygen atoms in total. The van der Waals surface area contributed by atoms with E-state index in [4.69, 9.17) is 10.4 Å². The van der Waals surface area contributed by atoms with Crippen LogP contribution in [0.15, 0.2) is 12.1 Å². The molecule has 0 aliphatic carbocycles. The lowest BCUT2D eigenvalue weighted by atomic mass is 10.0. The number of hydrogen-bond donors (Lipinski definition) is 2. The second kappa shape index (κ2) is 4.47. The molecule has 1 aromatic carbocycles. The lowest BCUT2D eigenvalue weighted by Crippen LogP contribution is -2.02. The number of carboxylic acid groups (broad SMARTS) is 1. The number of hydrogen-bond acceptors (Lipinski definition) is 3. The standard InChI is InChI=1S/C11H11NO3/c1-2-7-3-8(5-10(13)14)11(15)9(4-7)6-12/h3-4,15H,2,5H2,1H3,(H,13,14). The van der Waals surface area contributed by atoms with Crippen molar-refractivity contribution in [2.24, 2.45) is 0 Å². The second-order valence-electron chi connectivity index (χ2n) is 3.19. The van der Waals surface area contributed by atoms with Crippen molar-refractivity contribution in [3.05, 3.63) is 28.8 Å². The van der Waals surface area contributed by atoms with Gasteiger partial charge in [0, 0.05) is 5.56 Å². The number of rotatable bonds is 3. The van der Waals surface area contributed by atoms with Crippen molar-refractivity contribution in [2.45, 2.75) is 19.8 Å². The molecule has 0 saturated heterocycles. The molecule has 0 fully saturated rings. The maximum Gasteiger partial charge on any atom is 0.307 e. The van der Waals surface area contributed by atoms with E-state index in [1.54, 1.807) is 12.1 Å². The number of aliphatic carboxylic acids is 1. The fourth-order valence-electron chi connectivity index (χ4n) is 1.35. The van der Waals surface area contributed by atoms with Crippen LogP contribution in [-0.2, 0) is 17.6 Å². The fraction of sp³-hybridized carbons (Fsp3) is 0.273. The third-order valence-electron chi connectivity index (χ3n) is 2.12. The average Bonchev–Trinajstić information content (AvgIpc) is 2.20. The highest BCUT2D eigenvalue weighted by atomic mass is 16.4. The van der Waals surface area contributed by atoms with Gasteiger partial charge in [-0.25, -0.2) is 0 Å². The molecule has 0 atom stereocenters. The number of phenols is 1. The Labute approximate surface area is 87.4 Å². The summed E-state index contributed by atoms with van der Waals surface area (Å²) in [6, 6.07) is 5.03. The van der Waals surface area contributed by atoms with Gasteiger partial charge in [-0.15, -0.1) is 0 Å². The van der Waals surface area contributed by atoms with Crippen molar-refractivity contribution in [2.75, 3.05) is 0 Å². The number of aromatic hydroxyl groups is 1. The molecule has 78 valence electrons. The van der Waals surface area contributed by atoms with Crippen LogP contribution in [0.4, 0.5) is 0 Å². The van der Waals surface area contributed by atoms with Crippen LogP contribution in [0.25, 0.3) is 0 Å². The van der Waals surface area contributed by atoms with E-state index in [0.717, 1.165) is 5.56 Å². The van der Waals surface area contributed by atoms with E-state index < -0.39 is 5.97 Å². The summed E-state index contributed by atoms with van der Waals surface area (Å²) >= 11 is 0. The summed E-state index contributed by atoms with van der Waals surface area (Å²) in [7, 11) is 0. The molecule has 0 bridgehead atoms. The minimum absolute atomic E-state index is 0.130. The molecule has 0 aliphatic rings. The number of aryl methyl sites for hydroxylation is 1. The van der Waals surface area contributed by atoms with Gasteiger partial charge in [-0.05, 0) is 18.1 Å². The quantitative estimate of drug-likeness (QED) is 0.782. The van der Waals surface area contributed by atoms with E-state index >= 15 is 0 Å². The van der Waals surface area contributed by atoms with Gasteiger partial charge in [0.25, 0.3) is 0 Å². The van der Waals surface area contributed by atoms with Crippen LogP contribution in [0.3, 0.4) is 0 Å². The van der Waals surface area contributed by atoms with Crippen molar-refractivity contribution in [1.29, 1.82) is 5.26 Å². The van der Waals surface area contributed by atoms with Crippen molar-refractivity contribution in [3.63, 3.8) is 0 Å². The Morgan fingerprint density at radius 1 is 1.53 bits per heavy atom. The van der Waals surface area contributed by atoms with Crippen LogP contribution < -0.4 is 0 Å². The van der Waals surface area contributed by atoms with Gasteiger partial charge < -0.3 is 10.2 Å². The Kier molecular flexibility index (Phi) is 3.29. The normalized spacial score (nSPS) is 9.60. The molecule has 0 spiro atoms. The molecule has 15 heavy (non-hydrogen) atoms. The molecule has 4 heteroatoms. The molecule has 0 unspecified atom stereocenters. The molecule has 0 amide bonds. The first kappa shape index (κ1) is 11.1. The van der Waals surface area contributed by atoms with E-state index in [0.29, 0.717) is 12.0 Å². The van der Waals surface area contributed by atoms with E-state index in [1.165, 1.54) is 0 Å². The zero-order chi connectivity index (χ0) is 11.4. The number of benzene rings is 1. The van der Waals surface area contributed by atoms with Crippen molar-refractivity contribution in [3.8, 4) is 11.8 Å². The molecule has 0 radical (unpaired) electrons. The molecule has 0 heterocycles. The van der Waals surface area contributed by atoms with Crippen LogP contribution in [0.2, 0.25) is 0 Å². The first-order valence-electron chi connectivity index (χ1n) is 4.55. The zero-order valence-corrected chi connectivity index (χ0v) is 8.32. The zero-order valence-electron chi connectivity index (χ0n) is 8.32. The summed E-state index contributed by atoms with van der Waals surface area (Å²) < 4.78 is 0. The van der Waals surface area contributed by atoms with Gasteiger partial charge in [0.05, 0.1) is 12.0 Å². The Hall–Kier alpha value is -2.02. The lowest BCUT2D eigenvalue weighted by Gasteiger charge is -2.06. The minimum Gasteiger partial charge on any atom is -0.506 e. The third kappa shape index (κ3) is 2.47.